The summed E-state index contributed by atoms with van der Waals surface area (Å²) in [5.74, 6) is 2.08. The number of hydrogen-bond acceptors (Lipinski definition) is 3. The molecule has 1 N–H and O–H groups in total. The zero-order valence-corrected chi connectivity index (χ0v) is 15.6. The summed E-state index contributed by atoms with van der Waals surface area (Å²) in [7, 11) is 0. The molecule has 3 nitrogen and oxygen atoms in total. The van der Waals surface area contributed by atoms with Gasteiger partial charge in [-0.15, -0.1) is 0 Å². The Bertz CT molecular complexity index is 664. The second-order valence-corrected chi connectivity index (χ2v) is 7.11. The number of nitrogens with one attached hydrogen (secondary N) is 1. The van der Waals surface area contributed by atoms with Gasteiger partial charge in [-0.3, -0.25) is 4.79 Å². The molecule has 1 unspecified atom stereocenters. The average Bonchev–Trinajstić information content (AvgIpc) is 2.58. The standard InChI is InChI=1S/C18H19Cl2NO2S/c1-13(23-17-5-3-2-4-16(17)20)18(22)21-10-11-24-12-14-6-8-15(19)9-7-14/h2-9,13H,10-12H2,1H3,(H,21,22). The Labute approximate surface area is 156 Å². The van der Waals surface area contributed by atoms with Crippen molar-refractivity contribution >= 4 is 40.9 Å². The first kappa shape index (κ1) is 19.0. The predicted molar refractivity (Wildman–Crippen MR) is 102 cm³/mol. The number of carbonyl (C=O) groups excluding carboxylic acids is 1. The lowest BCUT2D eigenvalue weighted by atomic mass is 10.2. The summed E-state index contributed by atoms with van der Waals surface area (Å²) < 4.78 is 5.58. The summed E-state index contributed by atoms with van der Waals surface area (Å²) in [5.41, 5.74) is 1.21. The van der Waals surface area contributed by atoms with E-state index < -0.39 is 6.10 Å². The topological polar surface area (TPSA) is 38.3 Å². The van der Waals surface area contributed by atoms with Crippen LogP contribution in [0.3, 0.4) is 0 Å². The fraction of sp³-hybridized carbons (Fsp3) is 0.278. The van der Waals surface area contributed by atoms with Crippen LogP contribution < -0.4 is 10.1 Å². The monoisotopic (exact) mass is 383 g/mol. The first-order valence-corrected chi connectivity index (χ1v) is 9.48. The van der Waals surface area contributed by atoms with Crippen molar-refractivity contribution < 1.29 is 9.53 Å². The van der Waals surface area contributed by atoms with Crippen LogP contribution in [0.1, 0.15) is 12.5 Å². The van der Waals surface area contributed by atoms with Crippen LogP contribution in [-0.2, 0) is 10.5 Å². The third kappa shape index (κ3) is 6.27. The first-order chi connectivity index (χ1) is 11.6. The van der Waals surface area contributed by atoms with Crippen LogP contribution in [0.5, 0.6) is 5.75 Å². The molecule has 1 amide bonds. The van der Waals surface area contributed by atoms with Crippen molar-refractivity contribution in [3.05, 3.63) is 64.1 Å². The van der Waals surface area contributed by atoms with Crippen molar-refractivity contribution in [3.8, 4) is 5.75 Å². The molecule has 0 aliphatic carbocycles. The molecule has 0 spiro atoms. The molecule has 2 rings (SSSR count). The van der Waals surface area contributed by atoms with Crippen LogP contribution in [0.25, 0.3) is 0 Å². The van der Waals surface area contributed by atoms with Crippen molar-refractivity contribution in [2.24, 2.45) is 0 Å². The molecule has 0 radical (unpaired) electrons. The first-order valence-electron chi connectivity index (χ1n) is 7.57. The van der Waals surface area contributed by atoms with Crippen molar-refractivity contribution in [1.82, 2.24) is 5.32 Å². The van der Waals surface area contributed by atoms with E-state index in [0.29, 0.717) is 17.3 Å². The van der Waals surface area contributed by atoms with E-state index in [2.05, 4.69) is 5.32 Å². The molecule has 0 bridgehead atoms. The second kappa shape index (κ2) is 9.82. The number of para-hydroxylation sites is 1. The normalized spacial score (nSPS) is 11.8. The SMILES string of the molecule is CC(Oc1ccccc1Cl)C(=O)NCCSCc1ccc(Cl)cc1. The number of carbonyl (C=O) groups is 1. The fourth-order valence-electron chi connectivity index (χ4n) is 1.95. The summed E-state index contributed by atoms with van der Waals surface area (Å²) in [4.78, 5) is 12.0. The van der Waals surface area contributed by atoms with Crippen LogP contribution in [0, 0.1) is 0 Å². The second-order valence-electron chi connectivity index (χ2n) is 5.16. The molecular formula is C18H19Cl2NO2S. The van der Waals surface area contributed by atoms with Gasteiger partial charge in [-0.1, -0.05) is 47.5 Å². The van der Waals surface area contributed by atoms with Crippen molar-refractivity contribution in [1.29, 1.82) is 0 Å². The Hall–Kier alpha value is -1.36. The highest BCUT2D eigenvalue weighted by Gasteiger charge is 2.15. The minimum absolute atomic E-state index is 0.151. The number of hydrogen-bond donors (Lipinski definition) is 1. The molecule has 0 saturated heterocycles. The lowest BCUT2D eigenvalue weighted by molar-refractivity contribution is -0.127. The number of ether oxygens (including phenoxy) is 1. The fourth-order valence-corrected chi connectivity index (χ4v) is 3.07. The van der Waals surface area contributed by atoms with E-state index in [1.807, 2.05) is 36.4 Å². The summed E-state index contributed by atoms with van der Waals surface area (Å²) in [5, 5.41) is 4.10. The van der Waals surface area contributed by atoms with Gasteiger partial charge in [-0.05, 0) is 36.8 Å². The van der Waals surface area contributed by atoms with Gasteiger partial charge in [-0.25, -0.2) is 0 Å². The zero-order chi connectivity index (χ0) is 17.4. The summed E-state index contributed by atoms with van der Waals surface area (Å²) in [6.45, 7) is 2.30. The number of rotatable bonds is 8. The molecule has 2 aromatic rings. The lowest BCUT2D eigenvalue weighted by Crippen LogP contribution is -2.37. The minimum Gasteiger partial charge on any atom is -0.479 e. The number of halogens is 2. The molecule has 0 heterocycles. The van der Waals surface area contributed by atoms with Gasteiger partial charge >= 0.3 is 0 Å². The van der Waals surface area contributed by atoms with Gasteiger partial charge in [0.15, 0.2) is 6.10 Å². The highest BCUT2D eigenvalue weighted by atomic mass is 35.5. The Morgan fingerprint density at radius 1 is 1.17 bits per heavy atom. The summed E-state index contributed by atoms with van der Waals surface area (Å²) in [6.07, 6.45) is -0.592. The van der Waals surface area contributed by atoms with Gasteiger partial charge in [-0.2, -0.15) is 11.8 Å². The van der Waals surface area contributed by atoms with Crippen LogP contribution >= 0.6 is 35.0 Å². The van der Waals surface area contributed by atoms with Gasteiger partial charge in [0.25, 0.3) is 5.91 Å². The Morgan fingerprint density at radius 3 is 2.58 bits per heavy atom. The third-order valence-corrected chi connectivity index (χ3v) is 4.83. The van der Waals surface area contributed by atoms with Crippen LogP contribution in [0.2, 0.25) is 10.0 Å². The molecule has 6 heteroatoms. The van der Waals surface area contributed by atoms with E-state index in [1.54, 1.807) is 30.8 Å². The average molecular weight is 384 g/mol. The maximum absolute atomic E-state index is 12.0. The van der Waals surface area contributed by atoms with Crippen LogP contribution in [0.4, 0.5) is 0 Å². The third-order valence-electron chi connectivity index (χ3n) is 3.24. The van der Waals surface area contributed by atoms with E-state index in [9.17, 15) is 4.79 Å². The smallest absolute Gasteiger partial charge is 0.260 e. The molecule has 0 aromatic heterocycles. The van der Waals surface area contributed by atoms with E-state index in [-0.39, 0.29) is 5.91 Å². The number of thioether (sulfide) groups is 1. The summed E-state index contributed by atoms with van der Waals surface area (Å²) in [6, 6.07) is 14.9. The van der Waals surface area contributed by atoms with Crippen molar-refractivity contribution in [2.75, 3.05) is 12.3 Å². The Kier molecular flexibility index (Phi) is 7.76. The quantitative estimate of drug-likeness (QED) is 0.664. The highest BCUT2D eigenvalue weighted by molar-refractivity contribution is 7.98. The van der Waals surface area contributed by atoms with Gasteiger partial charge in [0.2, 0.25) is 0 Å². The van der Waals surface area contributed by atoms with Crippen LogP contribution in [-0.4, -0.2) is 24.3 Å². The Morgan fingerprint density at radius 2 is 1.88 bits per heavy atom. The van der Waals surface area contributed by atoms with Gasteiger partial charge in [0.05, 0.1) is 5.02 Å². The minimum atomic E-state index is -0.592. The van der Waals surface area contributed by atoms with Gasteiger partial charge in [0.1, 0.15) is 5.75 Å². The molecule has 0 aliphatic rings. The zero-order valence-electron chi connectivity index (χ0n) is 13.3. The predicted octanol–water partition coefficient (Wildman–Crippen LogP) is 4.81. The largest absolute Gasteiger partial charge is 0.479 e. The Balaban J connectivity index is 1.65. The van der Waals surface area contributed by atoms with Crippen LogP contribution in [0.15, 0.2) is 48.5 Å². The van der Waals surface area contributed by atoms with Crippen molar-refractivity contribution in [2.45, 2.75) is 18.8 Å². The molecule has 24 heavy (non-hydrogen) atoms. The van der Waals surface area contributed by atoms with Crippen molar-refractivity contribution in [3.63, 3.8) is 0 Å². The molecular weight excluding hydrogens is 365 g/mol. The summed E-state index contributed by atoms with van der Waals surface area (Å²) >= 11 is 13.6. The molecule has 2 aromatic carbocycles. The van der Waals surface area contributed by atoms with E-state index in [1.165, 1.54) is 5.56 Å². The molecule has 0 saturated carbocycles. The van der Waals surface area contributed by atoms with E-state index in [4.69, 9.17) is 27.9 Å². The maximum Gasteiger partial charge on any atom is 0.260 e. The highest BCUT2D eigenvalue weighted by Crippen LogP contribution is 2.24. The molecule has 0 fully saturated rings. The number of amides is 1. The molecule has 0 aliphatic heterocycles. The van der Waals surface area contributed by atoms with Gasteiger partial charge in [0, 0.05) is 23.1 Å². The molecule has 128 valence electrons. The maximum atomic E-state index is 12.0. The van der Waals surface area contributed by atoms with Gasteiger partial charge < -0.3 is 10.1 Å². The molecule has 1 atom stereocenters. The van der Waals surface area contributed by atoms with E-state index >= 15 is 0 Å². The van der Waals surface area contributed by atoms with E-state index in [0.717, 1.165) is 16.5 Å². The number of benzene rings is 2. The lowest BCUT2D eigenvalue weighted by Gasteiger charge is -2.15.